The van der Waals surface area contributed by atoms with Crippen molar-refractivity contribution < 1.29 is 9.59 Å². The van der Waals surface area contributed by atoms with E-state index in [2.05, 4.69) is 35.1 Å². The second kappa shape index (κ2) is 7.95. The number of nitrogens with zero attached hydrogens (tertiary/aromatic N) is 1. The molecule has 1 fully saturated rings. The molecule has 1 saturated heterocycles. The van der Waals surface area contributed by atoms with Gasteiger partial charge in [-0.1, -0.05) is 35.8 Å². The fraction of sp³-hybridized carbons (Fsp3) is 0.556. The first kappa shape index (κ1) is 18.0. The van der Waals surface area contributed by atoms with E-state index >= 15 is 0 Å². The number of anilines is 1. The number of carbonyl (C=O) groups is 2. The molecule has 5 heteroatoms. The molecular weight excluding hydrogens is 356 g/mol. The predicted molar refractivity (Wildman–Crippen MR) is 96.3 cm³/mol. The molecule has 0 atom stereocenters. The predicted octanol–water partition coefficient (Wildman–Crippen LogP) is 3.98. The second-order valence-electron chi connectivity index (χ2n) is 6.71. The molecule has 23 heavy (non-hydrogen) atoms. The van der Waals surface area contributed by atoms with Gasteiger partial charge < -0.3 is 10.2 Å². The van der Waals surface area contributed by atoms with E-state index in [0.29, 0.717) is 25.4 Å². The lowest BCUT2D eigenvalue weighted by Gasteiger charge is -2.31. The lowest BCUT2D eigenvalue weighted by Crippen LogP contribution is -2.41. The van der Waals surface area contributed by atoms with Crippen LogP contribution >= 0.6 is 15.9 Å². The van der Waals surface area contributed by atoms with Crippen molar-refractivity contribution in [1.82, 2.24) is 4.90 Å². The molecule has 1 heterocycles. The van der Waals surface area contributed by atoms with Crippen LogP contribution in [-0.4, -0.2) is 29.8 Å². The van der Waals surface area contributed by atoms with E-state index in [1.54, 1.807) is 0 Å². The molecular formula is C18H25BrN2O2. The molecule has 0 aromatic heterocycles. The fourth-order valence-electron chi connectivity index (χ4n) is 2.78. The topological polar surface area (TPSA) is 49.4 Å². The number of aryl methyl sites for hydroxylation is 1. The van der Waals surface area contributed by atoms with Gasteiger partial charge in [-0.15, -0.1) is 0 Å². The molecule has 126 valence electrons. The number of rotatable bonds is 4. The Kier molecular flexibility index (Phi) is 6.22. The van der Waals surface area contributed by atoms with Crippen molar-refractivity contribution >= 4 is 33.4 Å². The average Bonchev–Trinajstić information content (AvgIpc) is 2.50. The lowest BCUT2D eigenvalue weighted by molar-refractivity contribution is -0.135. The Morgan fingerprint density at radius 1 is 1.30 bits per heavy atom. The van der Waals surface area contributed by atoms with Crippen molar-refractivity contribution in [1.29, 1.82) is 0 Å². The third kappa shape index (κ3) is 5.06. The monoisotopic (exact) mass is 380 g/mol. The molecule has 4 nitrogen and oxygen atoms in total. The highest BCUT2D eigenvalue weighted by atomic mass is 79.9. The van der Waals surface area contributed by atoms with Crippen molar-refractivity contribution in [2.24, 2.45) is 11.8 Å². The van der Waals surface area contributed by atoms with Crippen LogP contribution in [0.15, 0.2) is 22.7 Å². The molecule has 1 aromatic rings. The molecule has 1 aromatic carbocycles. The van der Waals surface area contributed by atoms with Crippen molar-refractivity contribution in [3.8, 4) is 0 Å². The number of benzene rings is 1. The van der Waals surface area contributed by atoms with Crippen LogP contribution in [0, 0.1) is 18.8 Å². The van der Waals surface area contributed by atoms with E-state index in [1.807, 2.05) is 30.0 Å². The van der Waals surface area contributed by atoms with E-state index in [9.17, 15) is 9.59 Å². The minimum atomic E-state index is -0.0156. The lowest BCUT2D eigenvalue weighted by atomic mass is 9.95. The van der Waals surface area contributed by atoms with Crippen molar-refractivity contribution in [2.75, 3.05) is 18.4 Å². The summed E-state index contributed by atoms with van der Waals surface area (Å²) in [6, 6.07) is 5.82. The molecule has 0 spiro atoms. The van der Waals surface area contributed by atoms with Gasteiger partial charge in [0, 0.05) is 35.6 Å². The minimum absolute atomic E-state index is 0.0156. The first-order valence-corrected chi connectivity index (χ1v) is 9.01. The van der Waals surface area contributed by atoms with Gasteiger partial charge >= 0.3 is 0 Å². The highest BCUT2D eigenvalue weighted by molar-refractivity contribution is 9.10. The molecule has 0 radical (unpaired) electrons. The Hall–Kier alpha value is -1.36. The maximum Gasteiger partial charge on any atom is 0.227 e. The summed E-state index contributed by atoms with van der Waals surface area (Å²) in [5.41, 5.74) is 1.95. The van der Waals surface area contributed by atoms with E-state index in [1.165, 1.54) is 0 Å². The third-order valence-electron chi connectivity index (χ3n) is 4.24. The first-order chi connectivity index (χ1) is 10.9. The van der Waals surface area contributed by atoms with Crippen LogP contribution in [0.5, 0.6) is 0 Å². The quantitative estimate of drug-likeness (QED) is 0.858. The Bertz CT molecular complexity index is 578. The largest absolute Gasteiger partial charge is 0.343 e. The van der Waals surface area contributed by atoms with E-state index < -0.39 is 0 Å². The van der Waals surface area contributed by atoms with Gasteiger partial charge in [0.05, 0.1) is 0 Å². The van der Waals surface area contributed by atoms with Gasteiger partial charge in [-0.2, -0.15) is 0 Å². The smallest absolute Gasteiger partial charge is 0.227 e. The Morgan fingerprint density at radius 2 is 1.96 bits per heavy atom. The summed E-state index contributed by atoms with van der Waals surface area (Å²) in [5.74, 6) is 0.625. The summed E-state index contributed by atoms with van der Waals surface area (Å²) in [5, 5.41) is 2.98. The van der Waals surface area contributed by atoms with E-state index in [0.717, 1.165) is 28.6 Å². The fourth-order valence-corrected chi connectivity index (χ4v) is 3.16. The van der Waals surface area contributed by atoms with Crippen molar-refractivity contribution in [3.63, 3.8) is 0 Å². The molecule has 0 saturated carbocycles. The second-order valence-corrected chi connectivity index (χ2v) is 7.56. The van der Waals surface area contributed by atoms with Gasteiger partial charge in [0.1, 0.15) is 0 Å². The van der Waals surface area contributed by atoms with E-state index in [4.69, 9.17) is 0 Å². The Morgan fingerprint density at radius 3 is 2.52 bits per heavy atom. The van der Waals surface area contributed by atoms with Crippen molar-refractivity contribution in [2.45, 2.75) is 40.0 Å². The average molecular weight is 381 g/mol. The van der Waals surface area contributed by atoms with Crippen LogP contribution < -0.4 is 5.32 Å². The number of halogens is 1. The summed E-state index contributed by atoms with van der Waals surface area (Å²) in [7, 11) is 0. The van der Waals surface area contributed by atoms with Crippen LogP contribution in [0.4, 0.5) is 5.69 Å². The molecule has 2 rings (SSSR count). The summed E-state index contributed by atoms with van der Waals surface area (Å²) < 4.78 is 0.990. The van der Waals surface area contributed by atoms with Crippen LogP contribution in [0.2, 0.25) is 0 Å². The molecule has 1 aliphatic heterocycles. The summed E-state index contributed by atoms with van der Waals surface area (Å²) in [6.45, 7) is 7.48. The number of hydrogen-bond acceptors (Lipinski definition) is 2. The first-order valence-electron chi connectivity index (χ1n) is 8.21. The molecule has 2 amide bonds. The Labute approximate surface area is 146 Å². The highest BCUT2D eigenvalue weighted by Crippen LogP contribution is 2.23. The molecule has 1 N–H and O–H groups in total. The van der Waals surface area contributed by atoms with Crippen molar-refractivity contribution in [3.05, 3.63) is 28.2 Å². The van der Waals surface area contributed by atoms with Gasteiger partial charge in [-0.25, -0.2) is 0 Å². The van der Waals surface area contributed by atoms with Crippen LogP contribution in [0.3, 0.4) is 0 Å². The standard InChI is InChI=1S/C18H25BrN2O2/c1-12(2)10-17(22)21-8-6-14(7-9-21)18(23)20-15-5-4-13(3)16(19)11-15/h4-5,11-12,14H,6-10H2,1-3H3,(H,20,23). The zero-order valence-electron chi connectivity index (χ0n) is 14.1. The zero-order valence-corrected chi connectivity index (χ0v) is 15.6. The summed E-state index contributed by atoms with van der Waals surface area (Å²) in [6.07, 6.45) is 2.07. The molecule has 1 aliphatic rings. The number of carbonyl (C=O) groups excluding carboxylic acids is 2. The maximum absolute atomic E-state index is 12.4. The molecule has 0 bridgehead atoms. The normalized spacial score (nSPS) is 15.8. The van der Waals surface area contributed by atoms with E-state index in [-0.39, 0.29) is 17.7 Å². The molecule has 0 unspecified atom stereocenters. The number of hydrogen-bond donors (Lipinski definition) is 1. The molecule has 0 aliphatic carbocycles. The van der Waals surface area contributed by atoms with Gasteiger partial charge in [0.15, 0.2) is 0 Å². The number of piperidine rings is 1. The number of amides is 2. The van der Waals surface area contributed by atoms with Crippen LogP contribution in [-0.2, 0) is 9.59 Å². The number of likely N-dealkylation sites (tertiary alicyclic amines) is 1. The highest BCUT2D eigenvalue weighted by Gasteiger charge is 2.27. The van der Waals surface area contributed by atoms with Gasteiger partial charge in [0.2, 0.25) is 11.8 Å². The van der Waals surface area contributed by atoms with Gasteiger partial charge in [0.25, 0.3) is 0 Å². The number of nitrogens with one attached hydrogen (secondary N) is 1. The third-order valence-corrected chi connectivity index (χ3v) is 5.10. The van der Waals surface area contributed by atoms with Gasteiger partial charge in [-0.05, 0) is 43.4 Å². The van der Waals surface area contributed by atoms with Crippen LogP contribution in [0.25, 0.3) is 0 Å². The van der Waals surface area contributed by atoms with Crippen LogP contribution in [0.1, 0.15) is 38.7 Å². The zero-order chi connectivity index (χ0) is 17.0. The summed E-state index contributed by atoms with van der Waals surface area (Å²) >= 11 is 3.48. The minimum Gasteiger partial charge on any atom is -0.343 e. The SMILES string of the molecule is Cc1ccc(NC(=O)C2CCN(C(=O)CC(C)C)CC2)cc1Br. The maximum atomic E-state index is 12.4. The van der Waals surface area contributed by atoms with Gasteiger partial charge in [-0.3, -0.25) is 9.59 Å². The summed E-state index contributed by atoms with van der Waals surface area (Å²) in [4.78, 5) is 26.3. The Balaban J connectivity index is 1.86.